The van der Waals surface area contributed by atoms with Crippen molar-refractivity contribution in [2.45, 2.75) is 58.6 Å². The van der Waals surface area contributed by atoms with Gasteiger partial charge in [0.25, 0.3) is 0 Å². The topological polar surface area (TPSA) is 29.5 Å². The second kappa shape index (κ2) is 5.37. The average Bonchev–Trinajstić information content (AvgIpc) is 2.16. The standard InChI is InChI=1S/C13H23NO2/c1-5-8-11-9-6-7-10-14(11)12(15)16-13(2,3)4/h6,9,11H,5,7-8,10H2,1-4H3. The number of amides is 1. The maximum absolute atomic E-state index is 12.0. The second-order valence-electron chi connectivity index (χ2n) is 5.25. The Morgan fingerprint density at radius 1 is 1.50 bits per heavy atom. The van der Waals surface area contributed by atoms with Crippen LogP contribution in [-0.4, -0.2) is 29.2 Å². The minimum atomic E-state index is -0.408. The van der Waals surface area contributed by atoms with Gasteiger partial charge in [-0.25, -0.2) is 4.79 Å². The smallest absolute Gasteiger partial charge is 0.410 e. The van der Waals surface area contributed by atoms with Gasteiger partial charge < -0.3 is 9.64 Å². The number of hydrogen-bond acceptors (Lipinski definition) is 2. The van der Waals surface area contributed by atoms with E-state index < -0.39 is 5.60 Å². The molecule has 0 N–H and O–H groups in total. The third kappa shape index (κ3) is 3.87. The van der Waals surface area contributed by atoms with Crippen LogP contribution in [0.15, 0.2) is 12.2 Å². The van der Waals surface area contributed by atoms with E-state index in [4.69, 9.17) is 4.74 Å². The van der Waals surface area contributed by atoms with Crippen LogP contribution in [0.2, 0.25) is 0 Å². The van der Waals surface area contributed by atoms with Gasteiger partial charge >= 0.3 is 6.09 Å². The lowest BCUT2D eigenvalue weighted by molar-refractivity contribution is 0.0185. The molecule has 0 radical (unpaired) electrons. The number of ether oxygens (including phenoxy) is 1. The number of rotatable bonds is 2. The fourth-order valence-corrected chi connectivity index (χ4v) is 1.83. The molecular weight excluding hydrogens is 202 g/mol. The predicted octanol–water partition coefficient (Wildman–Crippen LogP) is 3.35. The van der Waals surface area contributed by atoms with Crippen LogP contribution < -0.4 is 0 Å². The molecule has 0 fully saturated rings. The van der Waals surface area contributed by atoms with Crippen LogP contribution in [0.4, 0.5) is 4.79 Å². The molecule has 0 aromatic heterocycles. The molecule has 0 saturated heterocycles. The maximum atomic E-state index is 12.0. The van der Waals surface area contributed by atoms with Crippen LogP contribution in [0.25, 0.3) is 0 Å². The molecule has 1 heterocycles. The van der Waals surface area contributed by atoms with Gasteiger partial charge in [0.15, 0.2) is 0 Å². The molecule has 0 aliphatic carbocycles. The molecule has 0 aromatic carbocycles. The van der Waals surface area contributed by atoms with Crippen LogP contribution in [0, 0.1) is 0 Å². The molecule has 0 spiro atoms. The molecule has 1 atom stereocenters. The van der Waals surface area contributed by atoms with Gasteiger partial charge in [-0.1, -0.05) is 25.5 Å². The molecule has 3 nitrogen and oxygen atoms in total. The summed E-state index contributed by atoms with van der Waals surface area (Å²) >= 11 is 0. The third-order valence-corrected chi connectivity index (χ3v) is 2.51. The Balaban J connectivity index is 2.62. The lowest BCUT2D eigenvalue weighted by Gasteiger charge is -2.33. The number of nitrogens with zero attached hydrogens (tertiary/aromatic N) is 1. The highest BCUT2D eigenvalue weighted by atomic mass is 16.6. The molecule has 92 valence electrons. The number of carbonyl (C=O) groups is 1. The van der Waals surface area contributed by atoms with Gasteiger partial charge in [-0.15, -0.1) is 0 Å². The number of hydrogen-bond donors (Lipinski definition) is 0. The molecule has 1 unspecified atom stereocenters. The van der Waals surface area contributed by atoms with Crippen molar-refractivity contribution in [1.29, 1.82) is 0 Å². The molecule has 1 aliphatic heterocycles. The summed E-state index contributed by atoms with van der Waals surface area (Å²) in [7, 11) is 0. The molecule has 16 heavy (non-hydrogen) atoms. The van der Waals surface area contributed by atoms with E-state index in [-0.39, 0.29) is 12.1 Å². The van der Waals surface area contributed by atoms with Crippen molar-refractivity contribution in [2.24, 2.45) is 0 Å². The van der Waals surface area contributed by atoms with E-state index in [0.29, 0.717) is 0 Å². The van der Waals surface area contributed by atoms with Crippen molar-refractivity contribution in [3.05, 3.63) is 12.2 Å². The van der Waals surface area contributed by atoms with Crippen LogP contribution in [0.5, 0.6) is 0 Å². The van der Waals surface area contributed by atoms with Gasteiger partial charge in [0, 0.05) is 6.54 Å². The van der Waals surface area contributed by atoms with Crippen molar-refractivity contribution in [3.63, 3.8) is 0 Å². The van der Waals surface area contributed by atoms with Gasteiger partial charge in [0.1, 0.15) is 5.60 Å². The van der Waals surface area contributed by atoms with Gasteiger partial charge in [0.05, 0.1) is 6.04 Å². The lowest BCUT2D eigenvalue weighted by atomic mass is 10.1. The molecule has 3 heteroatoms. The fourth-order valence-electron chi connectivity index (χ4n) is 1.83. The highest BCUT2D eigenvalue weighted by molar-refractivity contribution is 5.69. The summed E-state index contributed by atoms with van der Waals surface area (Å²) in [4.78, 5) is 13.8. The van der Waals surface area contributed by atoms with Gasteiger partial charge in [-0.3, -0.25) is 0 Å². The Bertz CT molecular complexity index is 266. The summed E-state index contributed by atoms with van der Waals surface area (Å²) in [6, 6.07) is 0.216. The second-order valence-corrected chi connectivity index (χ2v) is 5.25. The Kier molecular flexibility index (Phi) is 4.39. The first kappa shape index (κ1) is 13.1. The zero-order valence-electron chi connectivity index (χ0n) is 10.8. The van der Waals surface area contributed by atoms with E-state index in [2.05, 4.69) is 19.1 Å². The molecule has 1 aliphatic rings. The van der Waals surface area contributed by atoms with Crippen molar-refractivity contribution in [1.82, 2.24) is 4.90 Å². The van der Waals surface area contributed by atoms with Crippen molar-refractivity contribution in [3.8, 4) is 0 Å². The van der Waals surface area contributed by atoms with Crippen molar-refractivity contribution < 1.29 is 9.53 Å². The van der Waals surface area contributed by atoms with E-state index in [1.165, 1.54) is 0 Å². The van der Waals surface area contributed by atoms with Crippen LogP contribution in [0.3, 0.4) is 0 Å². The Labute approximate surface area is 98.5 Å². The van der Waals surface area contributed by atoms with E-state index in [9.17, 15) is 4.79 Å². The summed E-state index contributed by atoms with van der Waals surface area (Å²) in [6.45, 7) is 8.62. The first-order valence-corrected chi connectivity index (χ1v) is 6.10. The summed E-state index contributed by atoms with van der Waals surface area (Å²) in [5.41, 5.74) is -0.408. The van der Waals surface area contributed by atoms with Crippen LogP contribution >= 0.6 is 0 Å². The predicted molar refractivity (Wildman–Crippen MR) is 65.4 cm³/mol. The first-order valence-electron chi connectivity index (χ1n) is 6.10. The SMILES string of the molecule is CCCC1C=CCCN1C(=O)OC(C)(C)C. The minimum Gasteiger partial charge on any atom is -0.444 e. The normalized spacial score (nSPS) is 21.0. The summed E-state index contributed by atoms with van der Waals surface area (Å²) in [5, 5.41) is 0. The summed E-state index contributed by atoms with van der Waals surface area (Å²) in [6.07, 6.45) is 7.11. The Morgan fingerprint density at radius 2 is 2.19 bits per heavy atom. The summed E-state index contributed by atoms with van der Waals surface area (Å²) < 4.78 is 5.41. The quantitative estimate of drug-likeness (QED) is 0.674. The molecule has 0 saturated carbocycles. The monoisotopic (exact) mass is 225 g/mol. The van der Waals surface area contributed by atoms with Crippen LogP contribution in [0.1, 0.15) is 47.0 Å². The number of carbonyl (C=O) groups excluding carboxylic acids is 1. The zero-order chi connectivity index (χ0) is 12.2. The average molecular weight is 225 g/mol. The van der Waals surface area contributed by atoms with E-state index >= 15 is 0 Å². The molecule has 0 bridgehead atoms. The maximum Gasteiger partial charge on any atom is 0.410 e. The van der Waals surface area contributed by atoms with Crippen molar-refractivity contribution in [2.75, 3.05) is 6.54 Å². The highest BCUT2D eigenvalue weighted by Gasteiger charge is 2.27. The molecule has 1 amide bonds. The largest absolute Gasteiger partial charge is 0.444 e. The lowest BCUT2D eigenvalue weighted by Crippen LogP contribution is -2.44. The van der Waals surface area contributed by atoms with Crippen molar-refractivity contribution >= 4 is 6.09 Å². The fraction of sp³-hybridized carbons (Fsp3) is 0.769. The van der Waals surface area contributed by atoms with Gasteiger partial charge in [-0.2, -0.15) is 0 Å². The Morgan fingerprint density at radius 3 is 2.75 bits per heavy atom. The zero-order valence-corrected chi connectivity index (χ0v) is 10.8. The van der Waals surface area contributed by atoms with Crippen LogP contribution in [-0.2, 0) is 4.74 Å². The summed E-state index contributed by atoms with van der Waals surface area (Å²) in [5.74, 6) is 0. The molecule has 1 rings (SSSR count). The van der Waals surface area contributed by atoms with E-state index in [0.717, 1.165) is 25.8 Å². The first-order chi connectivity index (χ1) is 7.44. The Hall–Kier alpha value is -0.990. The highest BCUT2D eigenvalue weighted by Crippen LogP contribution is 2.18. The van der Waals surface area contributed by atoms with Gasteiger partial charge in [-0.05, 0) is 33.6 Å². The third-order valence-electron chi connectivity index (χ3n) is 2.51. The van der Waals surface area contributed by atoms with E-state index in [1.54, 1.807) is 0 Å². The van der Waals surface area contributed by atoms with Gasteiger partial charge in [0.2, 0.25) is 0 Å². The van der Waals surface area contributed by atoms with E-state index in [1.807, 2.05) is 25.7 Å². The molecule has 0 aromatic rings. The molecular formula is C13H23NO2. The minimum absolute atomic E-state index is 0.185.